The number of rotatable bonds is 8. The van der Waals surface area contributed by atoms with Gasteiger partial charge >= 0.3 is 5.97 Å². The fourth-order valence-electron chi connectivity index (χ4n) is 5.80. The molecule has 1 aliphatic heterocycles. The van der Waals surface area contributed by atoms with Gasteiger partial charge in [0.1, 0.15) is 12.4 Å². The van der Waals surface area contributed by atoms with Crippen LogP contribution in [0.3, 0.4) is 0 Å². The first-order valence-corrected chi connectivity index (χ1v) is 15.8. The van der Waals surface area contributed by atoms with Gasteiger partial charge in [-0.3, -0.25) is 9.36 Å². The Bertz CT molecular complexity index is 2050. The second-order valence-corrected chi connectivity index (χ2v) is 12.1. The molecule has 1 aromatic heterocycles. The summed E-state index contributed by atoms with van der Waals surface area (Å²) in [6, 6.07) is 30.5. The highest BCUT2D eigenvalue weighted by Gasteiger charge is 2.35. The van der Waals surface area contributed by atoms with Crippen LogP contribution in [-0.2, 0) is 16.1 Å². The van der Waals surface area contributed by atoms with E-state index in [1.165, 1.54) is 33.6 Å². The number of hydrogen-bond acceptors (Lipinski definition) is 6. The highest BCUT2D eigenvalue weighted by molar-refractivity contribution is 7.07. The van der Waals surface area contributed by atoms with Crippen LogP contribution in [0, 0.1) is 20.8 Å². The molecule has 2 heterocycles. The lowest BCUT2D eigenvalue weighted by atomic mass is 9.93. The number of carbonyl (C=O) groups excluding carboxylic acids is 1. The molecule has 4 aromatic carbocycles. The van der Waals surface area contributed by atoms with E-state index in [-0.39, 0.29) is 12.2 Å². The third-order valence-corrected chi connectivity index (χ3v) is 8.87. The third kappa shape index (κ3) is 6.17. The molecule has 6 nitrogen and oxygen atoms in total. The summed E-state index contributed by atoms with van der Waals surface area (Å²) in [6.07, 6.45) is 1.86. The summed E-state index contributed by atoms with van der Waals surface area (Å²) in [6.45, 7) is 8.79. The molecule has 0 spiro atoms. The first-order chi connectivity index (χ1) is 21.8. The van der Waals surface area contributed by atoms with Crippen molar-refractivity contribution >= 4 is 29.1 Å². The van der Waals surface area contributed by atoms with Crippen molar-refractivity contribution in [3.63, 3.8) is 0 Å². The van der Waals surface area contributed by atoms with E-state index >= 15 is 0 Å². The molecule has 0 amide bonds. The van der Waals surface area contributed by atoms with Crippen molar-refractivity contribution in [1.29, 1.82) is 0 Å². The normalized spacial score (nSPS) is 14.6. The molecule has 226 valence electrons. The topological polar surface area (TPSA) is 69.9 Å². The van der Waals surface area contributed by atoms with E-state index in [0.29, 0.717) is 27.2 Å². The van der Waals surface area contributed by atoms with Crippen LogP contribution in [0.2, 0.25) is 0 Å². The van der Waals surface area contributed by atoms with Crippen LogP contribution in [0.4, 0.5) is 0 Å². The highest BCUT2D eigenvalue weighted by atomic mass is 32.1. The van der Waals surface area contributed by atoms with Gasteiger partial charge in [0.2, 0.25) is 0 Å². The molecular formula is C38H34N2O4S. The van der Waals surface area contributed by atoms with E-state index in [9.17, 15) is 9.59 Å². The molecule has 0 saturated heterocycles. The van der Waals surface area contributed by atoms with Crippen molar-refractivity contribution in [2.24, 2.45) is 4.99 Å². The number of aromatic nitrogens is 1. The Labute approximate surface area is 266 Å². The fraction of sp³-hybridized carbons (Fsp3) is 0.184. The number of benzene rings is 4. The number of ether oxygens (including phenoxy) is 2. The van der Waals surface area contributed by atoms with Crippen molar-refractivity contribution in [3.8, 4) is 5.75 Å². The fourth-order valence-corrected chi connectivity index (χ4v) is 6.80. The van der Waals surface area contributed by atoms with Crippen LogP contribution in [0.25, 0.3) is 11.8 Å². The SMILES string of the molecule is CCOC(=O)C1=C(c2ccccc2)N=c2s/c(=C\c3ccc(OCc4c(C)cc(C)cc4C)cc3)c(=O)n2[C@H]1c1ccccc1. The van der Waals surface area contributed by atoms with Crippen molar-refractivity contribution in [2.75, 3.05) is 6.61 Å². The van der Waals surface area contributed by atoms with Crippen molar-refractivity contribution in [1.82, 2.24) is 4.57 Å². The Kier molecular flexibility index (Phi) is 8.62. The van der Waals surface area contributed by atoms with E-state index in [1.807, 2.05) is 91.0 Å². The van der Waals surface area contributed by atoms with Gasteiger partial charge in [-0.15, -0.1) is 0 Å². The largest absolute Gasteiger partial charge is 0.489 e. The minimum absolute atomic E-state index is 0.209. The number of esters is 1. The number of carbonyl (C=O) groups is 1. The zero-order valence-corrected chi connectivity index (χ0v) is 26.6. The molecule has 7 heteroatoms. The van der Waals surface area contributed by atoms with E-state index in [1.54, 1.807) is 11.5 Å². The summed E-state index contributed by atoms with van der Waals surface area (Å²) in [5, 5.41) is 0. The van der Waals surface area contributed by atoms with Crippen molar-refractivity contribution in [2.45, 2.75) is 40.3 Å². The average molecular weight is 615 g/mol. The molecule has 0 radical (unpaired) electrons. The lowest BCUT2D eigenvalue weighted by Crippen LogP contribution is -2.39. The van der Waals surface area contributed by atoms with Crippen LogP contribution in [0.1, 0.15) is 51.9 Å². The summed E-state index contributed by atoms with van der Waals surface area (Å²) >= 11 is 1.31. The number of hydrogen-bond donors (Lipinski definition) is 0. The molecule has 0 N–H and O–H groups in total. The maximum atomic E-state index is 14.1. The molecular weight excluding hydrogens is 580 g/mol. The summed E-state index contributed by atoms with van der Waals surface area (Å²) in [5.74, 6) is 0.262. The van der Waals surface area contributed by atoms with Crippen LogP contribution < -0.4 is 19.6 Å². The second-order valence-electron chi connectivity index (χ2n) is 11.1. The monoisotopic (exact) mass is 614 g/mol. The van der Waals surface area contributed by atoms with Crippen LogP contribution in [-0.4, -0.2) is 17.1 Å². The van der Waals surface area contributed by atoms with Gasteiger partial charge in [-0.25, -0.2) is 9.79 Å². The van der Waals surface area contributed by atoms with E-state index in [0.717, 1.165) is 22.4 Å². The Morgan fingerprint density at radius 1 is 0.911 bits per heavy atom. The van der Waals surface area contributed by atoms with Crippen LogP contribution >= 0.6 is 11.3 Å². The van der Waals surface area contributed by atoms with Crippen LogP contribution in [0.5, 0.6) is 5.75 Å². The van der Waals surface area contributed by atoms with Gasteiger partial charge in [0, 0.05) is 5.56 Å². The quantitative estimate of drug-likeness (QED) is 0.189. The number of aryl methyl sites for hydroxylation is 3. The summed E-state index contributed by atoms with van der Waals surface area (Å²) < 4.78 is 13.8. The molecule has 45 heavy (non-hydrogen) atoms. The molecule has 0 fully saturated rings. The summed E-state index contributed by atoms with van der Waals surface area (Å²) in [7, 11) is 0. The molecule has 1 aliphatic rings. The number of nitrogens with zero attached hydrogens (tertiary/aromatic N) is 2. The van der Waals surface area contributed by atoms with Gasteiger partial charge in [0.15, 0.2) is 4.80 Å². The molecule has 0 bridgehead atoms. The molecule has 6 rings (SSSR count). The first kappa shape index (κ1) is 30.0. The lowest BCUT2D eigenvalue weighted by Gasteiger charge is -2.25. The predicted molar refractivity (Wildman–Crippen MR) is 179 cm³/mol. The number of thiazole rings is 1. The van der Waals surface area contributed by atoms with Gasteiger partial charge in [-0.05, 0) is 73.7 Å². The average Bonchev–Trinajstić information content (AvgIpc) is 3.35. The Morgan fingerprint density at radius 2 is 1.56 bits per heavy atom. The predicted octanol–water partition coefficient (Wildman–Crippen LogP) is 6.44. The Hall–Kier alpha value is -5.01. The van der Waals surface area contributed by atoms with Gasteiger partial charge in [0.25, 0.3) is 5.56 Å². The zero-order chi connectivity index (χ0) is 31.5. The standard InChI is InChI=1S/C38H34N2O4S/c1-5-43-37(42)33-34(28-12-8-6-9-13-28)39-38-40(35(33)29-14-10-7-11-15-29)36(41)32(45-38)22-27-16-18-30(19-17-27)44-23-31-25(3)20-24(2)21-26(31)4/h6-22,35H,5,23H2,1-4H3/b32-22-/t35-/m0/s1. The molecule has 1 atom stereocenters. The summed E-state index contributed by atoms with van der Waals surface area (Å²) in [5.41, 5.74) is 7.95. The van der Waals surface area contributed by atoms with Crippen molar-refractivity contribution in [3.05, 3.63) is 161 Å². The Morgan fingerprint density at radius 3 is 2.20 bits per heavy atom. The van der Waals surface area contributed by atoms with Gasteiger partial charge in [-0.2, -0.15) is 0 Å². The van der Waals surface area contributed by atoms with E-state index in [2.05, 4.69) is 32.9 Å². The van der Waals surface area contributed by atoms with Gasteiger partial charge in [0.05, 0.1) is 28.5 Å². The third-order valence-electron chi connectivity index (χ3n) is 7.89. The maximum absolute atomic E-state index is 14.1. The molecule has 0 unspecified atom stereocenters. The van der Waals surface area contributed by atoms with Gasteiger partial charge < -0.3 is 9.47 Å². The van der Waals surface area contributed by atoms with Crippen LogP contribution in [0.15, 0.2) is 112 Å². The summed E-state index contributed by atoms with van der Waals surface area (Å²) in [4.78, 5) is 33.0. The molecule has 0 aliphatic carbocycles. The smallest absolute Gasteiger partial charge is 0.338 e. The van der Waals surface area contributed by atoms with E-state index < -0.39 is 12.0 Å². The zero-order valence-electron chi connectivity index (χ0n) is 25.7. The van der Waals surface area contributed by atoms with Gasteiger partial charge in [-0.1, -0.05) is 102 Å². The molecule has 0 saturated carbocycles. The minimum Gasteiger partial charge on any atom is -0.489 e. The highest BCUT2D eigenvalue weighted by Crippen LogP contribution is 2.35. The number of fused-ring (bicyclic) bond motifs is 1. The maximum Gasteiger partial charge on any atom is 0.338 e. The van der Waals surface area contributed by atoms with E-state index in [4.69, 9.17) is 14.5 Å². The second kappa shape index (κ2) is 12.9. The molecule has 5 aromatic rings. The Balaban J connectivity index is 1.40. The minimum atomic E-state index is -0.691. The first-order valence-electron chi connectivity index (χ1n) is 15.0. The van der Waals surface area contributed by atoms with Crippen molar-refractivity contribution < 1.29 is 14.3 Å². The lowest BCUT2D eigenvalue weighted by molar-refractivity contribution is -0.138.